The number of carbonyl (C=O) groups is 3. The van der Waals surface area contributed by atoms with Gasteiger partial charge < -0.3 is 15.2 Å². The van der Waals surface area contributed by atoms with Crippen LogP contribution < -0.4 is 5.73 Å². The molecule has 0 radical (unpaired) electrons. The van der Waals surface area contributed by atoms with Crippen molar-refractivity contribution in [3.8, 4) is 0 Å². The number of fused-ring (bicyclic) bond motifs is 1. The monoisotopic (exact) mass is 298 g/mol. The quantitative estimate of drug-likeness (QED) is 0.452. The second-order valence-corrected chi connectivity index (χ2v) is 5.28. The van der Waals surface area contributed by atoms with Crippen LogP contribution in [0.1, 0.15) is 6.92 Å². The highest BCUT2D eigenvalue weighted by atomic mass is 32.2. The summed E-state index contributed by atoms with van der Waals surface area (Å²) in [4.78, 5) is 35.9. The molecule has 0 saturated carbocycles. The molecule has 3 atom stereocenters. The molecule has 2 N–H and O–H groups in total. The zero-order valence-electron chi connectivity index (χ0n) is 10.8. The molecule has 2 rings (SSSR count). The average Bonchev–Trinajstić information content (AvgIpc) is 2.74. The number of rotatable bonds is 5. The number of hydrogen-bond donors (Lipinski definition) is 1. The maximum atomic E-state index is 12.1. The second kappa shape index (κ2) is 5.58. The van der Waals surface area contributed by atoms with Crippen LogP contribution in [0.15, 0.2) is 23.8 Å². The van der Waals surface area contributed by atoms with Crippen molar-refractivity contribution in [3.05, 3.63) is 23.8 Å². The van der Waals surface area contributed by atoms with Gasteiger partial charge in [-0.05, 0) is 6.92 Å². The molecule has 8 heteroatoms. The van der Waals surface area contributed by atoms with Crippen molar-refractivity contribution in [3.63, 3.8) is 0 Å². The van der Waals surface area contributed by atoms with Crippen LogP contribution >= 0.6 is 11.8 Å². The fourth-order valence-electron chi connectivity index (χ4n) is 2.12. The number of β-lactam (4-membered cyclic amide) rings is 1. The van der Waals surface area contributed by atoms with Gasteiger partial charge >= 0.3 is 12.1 Å². The van der Waals surface area contributed by atoms with Crippen molar-refractivity contribution in [2.75, 3.05) is 6.61 Å². The Bertz CT molecular complexity index is 504. The first-order valence-corrected chi connectivity index (χ1v) is 6.84. The number of hydrogen-bond acceptors (Lipinski definition) is 6. The van der Waals surface area contributed by atoms with E-state index in [0.29, 0.717) is 0 Å². The summed E-state index contributed by atoms with van der Waals surface area (Å²) < 4.78 is 9.72. The van der Waals surface area contributed by atoms with Crippen molar-refractivity contribution in [2.45, 2.75) is 18.4 Å². The summed E-state index contributed by atoms with van der Waals surface area (Å²) >= 11 is 1.31. The number of carbonyl (C=O) groups excluding carboxylic acids is 3. The van der Waals surface area contributed by atoms with Crippen molar-refractivity contribution in [2.24, 2.45) is 11.7 Å². The molecule has 2 aliphatic heterocycles. The van der Waals surface area contributed by atoms with Crippen LogP contribution in [-0.4, -0.2) is 41.0 Å². The summed E-state index contributed by atoms with van der Waals surface area (Å²) in [6.07, 6.45) is -0.113. The molecule has 0 aromatic carbocycles. The van der Waals surface area contributed by atoms with Gasteiger partial charge in [-0.3, -0.25) is 9.69 Å². The first-order chi connectivity index (χ1) is 9.47. The van der Waals surface area contributed by atoms with Gasteiger partial charge in [-0.15, -0.1) is 11.8 Å². The first-order valence-electron chi connectivity index (χ1n) is 5.90. The Labute approximate surface area is 119 Å². The molecular weight excluding hydrogens is 284 g/mol. The van der Waals surface area contributed by atoms with Crippen LogP contribution in [0.3, 0.4) is 0 Å². The molecule has 0 spiro atoms. The van der Waals surface area contributed by atoms with Gasteiger partial charge in [0, 0.05) is 5.41 Å². The van der Waals surface area contributed by atoms with Crippen molar-refractivity contribution in [1.29, 1.82) is 0 Å². The smallest absolute Gasteiger partial charge is 0.404 e. The minimum absolute atomic E-state index is 0.0815. The van der Waals surface area contributed by atoms with Crippen molar-refractivity contribution < 1.29 is 23.9 Å². The number of primary amides is 1. The van der Waals surface area contributed by atoms with E-state index in [-0.39, 0.29) is 23.6 Å². The molecule has 2 aliphatic rings. The van der Waals surface area contributed by atoms with E-state index in [4.69, 9.17) is 15.2 Å². The average molecular weight is 298 g/mol. The number of thioether (sulfide) groups is 1. The molecule has 0 aliphatic carbocycles. The fraction of sp³-hybridized carbons (Fsp3) is 0.417. The predicted molar refractivity (Wildman–Crippen MR) is 71.1 cm³/mol. The minimum atomic E-state index is -0.926. The Morgan fingerprint density at radius 1 is 1.65 bits per heavy atom. The largest absolute Gasteiger partial charge is 0.457 e. The van der Waals surface area contributed by atoms with E-state index in [1.807, 2.05) is 0 Å². The number of nitrogens with two attached hydrogens (primary N) is 1. The van der Waals surface area contributed by atoms with E-state index in [9.17, 15) is 14.4 Å². The molecular formula is C12H14N2O5S. The number of amides is 2. The van der Waals surface area contributed by atoms with Gasteiger partial charge in [-0.2, -0.15) is 0 Å². The van der Waals surface area contributed by atoms with Crippen LogP contribution in [0.25, 0.3) is 0 Å². The number of esters is 1. The maximum Gasteiger partial charge on any atom is 0.404 e. The van der Waals surface area contributed by atoms with Gasteiger partial charge in [0.15, 0.2) is 0 Å². The SMILES string of the molecule is C=CCOC(=O)C1=CS[C@H]2[C@@H](C(C)OC(N)=O)C(=O)N12. The van der Waals surface area contributed by atoms with E-state index in [1.54, 1.807) is 12.3 Å². The Kier molecular flexibility index (Phi) is 4.03. The van der Waals surface area contributed by atoms with E-state index in [0.717, 1.165) is 0 Å². The van der Waals surface area contributed by atoms with Gasteiger partial charge in [0.25, 0.3) is 0 Å². The molecule has 2 amide bonds. The van der Waals surface area contributed by atoms with E-state index in [2.05, 4.69) is 6.58 Å². The Hall–Kier alpha value is -1.96. The highest BCUT2D eigenvalue weighted by molar-refractivity contribution is 8.03. The van der Waals surface area contributed by atoms with Gasteiger partial charge in [0.05, 0.1) is 0 Å². The molecule has 0 bridgehead atoms. The fourth-order valence-corrected chi connectivity index (χ4v) is 3.45. The van der Waals surface area contributed by atoms with Crippen molar-refractivity contribution in [1.82, 2.24) is 4.90 Å². The normalized spacial score (nSPS) is 25.1. The summed E-state index contributed by atoms with van der Waals surface area (Å²) in [6, 6.07) is 0. The molecule has 0 aromatic rings. The van der Waals surface area contributed by atoms with Crippen LogP contribution in [0.2, 0.25) is 0 Å². The molecule has 7 nitrogen and oxygen atoms in total. The molecule has 1 fully saturated rings. The van der Waals surface area contributed by atoms with Crippen LogP contribution in [0.5, 0.6) is 0 Å². The molecule has 0 aromatic heterocycles. The first kappa shape index (κ1) is 14.4. The third kappa shape index (κ3) is 2.38. The van der Waals surface area contributed by atoms with Gasteiger partial charge in [0.2, 0.25) is 5.91 Å². The summed E-state index contributed by atoms with van der Waals surface area (Å²) in [5, 5.41) is 1.31. The summed E-state index contributed by atoms with van der Waals surface area (Å²) in [7, 11) is 0. The van der Waals surface area contributed by atoms with Crippen molar-refractivity contribution >= 4 is 29.7 Å². The zero-order chi connectivity index (χ0) is 14.9. The number of ether oxygens (including phenoxy) is 2. The maximum absolute atomic E-state index is 12.1. The predicted octanol–water partition coefficient (Wildman–Crippen LogP) is 0.572. The molecule has 20 heavy (non-hydrogen) atoms. The second-order valence-electron chi connectivity index (χ2n) is 4.29. The van der Waals surface area contributed by atoms with Crippen LogP contribution in [-0.2, 0) is 19.1 Å². The lowest BCUT2D eigenvalue weighted by atomic mass is 9.92. The summed E-state index contributed by atoms with van der Waals surface area (Å²) in [5.41, 5.74) is 5.14. The van der Waals surface area contributed by atoms with E-state index in [1.165, 1.54) is 22.7 Å². The van der Waals surface area contributed by atoms with Gasteiger partial charge in [0.1, 0.15) is 29.7 Å². The summed E-state index contributed by atoms with van der Waals surface area (Å²) in [6.45, 7) is 5.12. The lowest BCUT2D eigenvalue weighted by molar-refractivity contribution is -0.157. The molecule has 2 heterocycles. The van der Waals surface area contributed by atoms with Gasteiger partial charge in [-0.1, -0.05) is 12.7 Å². The number of nitrogens with zero attached hydrogens (tertiary/aromatic N) is 1. The zero-order valence-corrected chi connectivity index (χ0v) is 11.6. The topological polar surface area (TPSA) is 98.9 Å². The van der Waals surface area contributed by atoms with Crippen LogP contribution in [0, 0.1) is 5.92 Å². The highest BCUT2D eigenvalue weighted by Gasteiger charge is 2.56. The van der Waals surface area contributed by atoms with E-state index >= 15 is 0 Å². The Morgan fingerprint density at radius 3 is 2.95 bits per heavy atom. The van der Waals surface area contributed by atoms with Crippen LogP contribution in [0.4, 0.5) is 4.79 Å². The summed E-state index contributed by atoms with van der Waals surface area (Å²) in [5.74, 6) is -1.36. The third-order valence-electron chi connectivity index (χ3n) is 3.01. The lowest BCUT2D eigenvalue weighted by Crippen LogP contribution is -2.61. The highest BCUT2D eigenvalue weighted by Crippen LogP contribution is 2.46. The van der Waals surface area contributed by atoms with Gasteiger partial charge in [-0.25, -0.2) is 9.59 Å². The Morgan fingerprint density at radius 2 is 2.35 bits per heavy atom. The standard InChI is InChI=1S/C12H14N2O5S/c1-3-4-18-11(16)7-5-20-10-8(9(15)14(7)10)6(2)19-12(13)17/h3,5-6,8,10H,1,4H2,2H3,(H2,13,17)/t6?,8-,10-/m0/s1. The van der Waals surface area contributed by atoms with E-state index < -0.39 is 24.1 Å². The lowest BCUT2D eigenvalue weighted by Gasteiger charge is -2.44. The Balaban J connectivity index is 2.00. The molecule has 1 unspecified atom stereocenters. The molecule has 108 valence electrons. The third-order valence-corrected chi connectivity index (χ3v) is 4.15. The molecule has 1 saturated heterocycles. The minimum Gasteiger partial charge on any atom is -0.457 e.